The number of aryl methyl sites for hydroxylation is 1. The van der Waals surface area contributed by atoms with Crippen molar-refractivity contribution in [1.29, 1.82) is 0 Å². The van der Waals surface area contributed by atoms with Crippen LogP contribution in [0.3, 0.4) is 0 Å². The molecular formula is C15H22N2O3S. The van der Waals surface area contributed by atoms with Gasteiger partial charge in [-0.3, -0.25) is 4.79 Å². The Bertz CT molecular complexity index is 506. The first kappa shape index (κ1) is 17.4. The van der Waals surface area contributed by atoms with Gasteiger partial charge in [0.2, 0.25) is 0 Å². The normalized spacial score (nSPS) is 10.2. The number of thiocarbonyl (C=S) groups is 1. The van der Waals surface area contributed by atoms with Crippen molar-refractivity contribution in [2.45, 2.75) is 13.3 Å². The summed E-state index contributed by atoms with van der Waals surface area (Å²) < 4.78 is 9.85. The van der Waals surface area contributed by atoms with Gasteiger partial charge in [0, 0.05) is 31.5 Å². The van der Waals surface area contributed by atoms with Crippen molar-refractivity contribution >= 4 is 28.9 Å². The fraction of sp³-hybridized carbons (Fsp3) is 0.467. The van der Waals surface area contributed by atoms with Crippen LogP contribution in [-0.2, 0) is 14.3 Å². The third-order valence-corrected chi connectivity index (χ3v) is 3.42. The molecule has 0 saturated heterocycles. The molecule has 0 saturated carbocycles. The number of carbonyl (C=O) groups is 1. The van der Waals surface area contributed by atoms with E-state index in [1.54, 1.807) is 7.11 Å². The molecule has 21 heavy (non-hydrogen) atoms. The van der Waals surface area contributed by atoms with Crippen LogP contribution in [0.15, 0.2) is 18.2 Å². The van der Waals surface area contributed by atoms with E-state index in [9.17, 15) is 4.79 Å². The van der Waals surface area contributed by atoms with E-state index in [0.717, 1.165) is 16.8 Å². The molecule has 0 unspecified atom stereocenters. The fourth-order valence-corrected chi connectivity index (χ4v) is 2.31. The summed E-state index contributed by atoms with van der Waals surface area (Å²) in [5.41, 5.74) is 8.63. The van der Waals surface area contributed by atoms with Crippen molar-refractivity contribution in [2.24, 2.45) is 5.73 Å². The fourth-order valence-electron chi connectivity index (χ4n) is 2.14. The van der Waals surface area contributed by atoms with E-state index < -0.39 is 0 Å². The molecule has 6 heteroatoms. The lowest BCUT2D eigenvalue weighted by Gasteiger charge is -2.28. The zero-order chi connectivity index (χ0) is 15.8. The van der Waals surface area contributed by atoms with Crippen LogP contribution < -0.4 is 10.6 Å². The Balaban J connectivity index is 3.06. The van der Waals surface area contributed by atoms with Crippen LogP contribution >= 0.6 is 12.2 Å². The highest BCUT2D eigenvalue weighted by molar-refractivity contribution is 7.80. The van der Waals surface area contributed by atoms with Crippen LogP contribution in [-0.4, -0.2) is 44.9 Å². The monoisotopic (exact) mass is 310 g/mol. The lowest BCUT2D eigenvalue weighted by Crippen LogP contribution is -2.32. The Morgan fingerprint density at radius 3 is 2.62 bits per heavy atom. The first-order valence-corrected chi connectivity index (χ1v) is 7.12. The zero-order valence-electron chi connectivity index (χ0n) is 12.7. The summed E-state index contributed by atoms with van der Waals surface area (Å²) in [6.07, 6.45) is 0.297. The Hall–Kier alpha value is -1.66. The number of methoxy groups -OCH3 is 2. The maximum absolute atomic E-state index is 11.4. The molecular weight excluding hydrogens is 288 g/mol. The average molecular weight is 310 g/mol. The summed E-state index contributed by atoms with van der Waals surface area (Å²) in [4.78, 5) is 13.8. The lowest BCUT2D eigenvalue weighted by atomic mass is 10.1. The van der Waals surface area contributed by atoms with E-state index in [0.29, 0.717) is 31.1 Å². The Morgan fingerprint density at radius 1 is 1.33 bits per heavy atom. The minimum Gasteiger partial charge on any atom is -0.469 e. The van der Waals surface area contributed by atoms with Gasteiger partial charge in [-0.15, -0.1) is 0 Å². The minimum absolute atomic E-state index is 0.247. The van der Waals surface area contributed by atoms with Gasteiger partial charge in [0.1, 0.15) is 4.99 Å². The maximum atomic E-state index is 11.4. The second-order valence-corrected chi connectivity index (χ2v) is 5.08. The molecule has 0 bridgehead atoms. The van der Waals surface area contributed by atoms with Crippen molar-refractivity contribution in [3.8, 4) is 0 Å². The molecule has 5 nitrogen and oxygen atoms in total. The summed E-state index contributed by atoms with van der Waals surface area (Å²) in [6, 6.07) is 5.81. The smallest absolute Gasteiger partial charge is 0.307 e. The molecule has 0 amide bonds. The van der Waals surface area contributed by atoms with Crippen LogP contribution in [0.25, 0.3) is 0 Å². The standard InChI is InChI=1S/C15H22N2O3S/c1-11-5-4-6-12(15(16)21)14(11)17(9-10-19-2)8-7-13(18)20-3/h4-6H,7-10H2,1-3H3,(H2,16,21). The summed E-state index contributed by atoms with van der Waals surface area (Å²) in [6.45, 7) is 3.71. The molecule has 0 aliphatic heterocycles. The van der Waals surface area contributed by atoms with Crippen LogP contribution in [0.4, 0.5) is 5.69 Å². The number of hydrogen-bond acceptors (Lipinski definition) is 5. The topological polar surface area (TPSA) is 64.8 Å². The third-order valence-electron chi connectivity index (χ3n) is 3.20. The number of carbonyl (C=O) groups excluding carboxylic acids is 1. The number of hydrogen-bond donors (Lipinski definition) is 1. The molecule has 0 heterocycles. The Kier molecular flexibility index (Phi) is 7.11. The van der Waals surface area contributed by atoms with E-state index in [1.807, 2.05) is 25.1 Å². The largest absolute Gasteiger partial charge is 0.469 e. The van der Waals surface area contributed by atoms with E-state index in [2.05, 4.69) is 4.90 Å². The van der Waals surface area contributed by atoms with Gasteiger partial charge in [-0.2, -0.15) is 0 Å². The first-order chi connectivity index (χ1) is 10.0. The molecule has 0 radical (unpaired) electrons. The zero-order valence-corrected chi connectivity index (χ0v) is 13.5. The minimum atomic E-state index is -0.247. The number of anilines is 1. The summed E-state index contributed by atoms with van der Waals surface area (Å²) >= 11 is 5.13. The van der Waals surface area contributed by atoms with Crippen molar-refractivity contribution in [2.75, 3.05) is 38.8 Å². The van der Waals surface area contributed by atoms with Gasteiger partial charge in [-0.05, 0) is 18.6 Å². The van der Waals surface area contributed by atoms with Crippen LogP contribution in [0, 0.1) is 6.92 Å². The predicted molar refractivity (Wildman–Crippen MR) is 87.8 cm³/mol. The highest BCUT2D eigenvalue weighted by atomic mass is 32.1. The van der Waals surface area contributed by atoms with Crippen molar-refractivity contribution in [3.05, 3.63) is 29.3 Å². The molecule has 116 valence electrons. The summed E-state index contributed by atoms with van der Waals surface area (Å²) in [5.74, 6) is -0.247. The summed E-state index contributed by atoms with van der Waals surface area (Å²) in [5, 5.41) is 0. The van der Waals surface area contributed by atoms with Gasteiger partial charge in [-0.1, -0.05) is 24.4 Å². The molecule has 0 spiro atoms. The number of nitrogens with two attached hydrogens (primary N) is 1. The van der Waals surface area contributed by atoms with Gasteiger partial charge in [0.15, 0.2) is 0 Å². The van der Waals surface area contributed by atoms with E-state index >= 15 is 0 Å². The number of para-hydroxylation sites is 1. The second-order valence-electron chi connectivity index (χ2n) is 4.64. The molecule has 1 rings (SSSR count). The quantitative estimate of drug-likeness (QED) is 0.582. The number of esters is 1. The first-order valence-electron chi connectivity index (χ1n) is 6.71. The second kappa shape index (κ2) is 8.59. The maximum Gasteiger partial charge on any atom is 0.307 e. The molecule has 0 aliphatic carbocycles. The van der Waals surface area contributed by atoms with E-state index in [-0.39, 0.29) is 5.97 Å². The highest BCUT2D eigenvalue weighted by Crippen LogP contribution is 2.25. The molecule has 0 fully saturated rings. The Labute approximate surface area is 131 Å². The van der Waals surface area contributed by atoms with E-state index in [1.165, 1.54) is 7.11 Å². The number of rotatable bonds is 8. The van der Waals surface area contributed by atoms with Crippen molar-refractivity contribution in [1.82, 2.24) is 0 Å². The Morgan fingerprint density at radius 2 is 2.05 bits per heavy atom. The van der Waals surface area contributed by atoms with Crippen molar-refractivity contribution < 1.29 is 14.3 Å². The molecule has 0 atom stereocenters. The molecule has 1 aromatic rings. The van der Waals surface area contributed by atoms with Gasteiger partial charge in [-0.25, -0.2) is 0 Å². The number of ether oxygens (including phenoxy) is 2. The summed E-state index contributed by atoms with van der Waals surface area (Å²) in [7, 11) is 3.03. The molecule has 2 N–H and O–H groups in total. The average Bonchev–Trinajstić information content (AvgIpc) is 2.47. The van der Waals surface area contributed by atoms with Crippen molar-refractivity contribution in [3.63, 3.8) is 0 Å². The molecule has 0 aromatic heterocycles. The third kappa shape index (κ3) is 4.99. The van der Waals surface area contributed by atoms with Crippen LogP contribution in [0.2, 0.25) is 0 Å². The SMILES string of the molecule is COCCN(CCC(=O)OC)c1c(C)cccc1C(N)=S. The number of nitrogens with zero attached hydrogens (tertiary/aromatic N) is 1. The van der Waals surface area contributed by atoms with E-state index in [4.69, 9.17) is 27.4 Å². The van der Waals surface area contributed by atoms with Crippen LogP contribution in [0.5, 0.6) is 0 Å². The van der Waals surface area contributed by atoms with Gasteiger partial charge in [0.05, 0.1) is 20.1 Å². The molecule has 0 aliphatic rings. The molecule has 1 aromatic carbocycles. The van der Waals surface area contributed by atoms with Gasteiger partial charge in [0.25, 0.3) is 0 Å². The van der Waals surface area contributed by atoms with Crippen LogP contribution in [0.1, 0.15) is 17.5 Å². The lowest BCUT2D eigenvalue weighted by molar-refractivity contribution is -0.140. The number of benzene rings is 1. The predicted octanol–water partition coefficient (Wildman–Crippen LogP) is 1.65. The van der Waals surface area contributed by atoms with Gasteiger partial charge >= 0.3 is 5.97 Å². The highest BCUT2D eigenvalue weighted by Gasteiger charge is 2.16. The van der Waals surface area contributed by atoms with Gasteiger partial charge < -0.3 is 20.1 Å².